The number of nitro benzene ring substituents is 1. The van der Waals surface area contributed by atoms with Crippen LogP contribution in [-0.4, -0.2) is 25.1 Å². The van der Waals surface area contributed by atoms with Crippen molar-refractivity contribution in [2.45, 2.75) is 0 Å². The smallest absolute Gasteiger partial charge is 0.269 e. The van der Waals surface area contributed by atoms with Gasteiger partial charge in [0.2, 0.25) is 0 Å². The highest BCUT2D eigenvalue weighted by molar-refractivity contribution is 6.06. The Morgan fingerprint density at radius 3 is 2.32 bits per heavy atom. The van der Waals surface area contributed by atoms with Crippen LogP contribution in [0.2, 0.25) is 0 Å². The SMILES string of the molecule is COc1ccc(C(=O)Nc2ccc([N+](=O)[O-])cc2)c(OC)c1. The van der Waals surface area contributed by atoms with Crippen LogP contribution in [0.4, 0.5) is 11.4 Å². The predicted octanol–water partition coefficient (Wildman–Crippen LogP) is 2.86. The Hall–Kier alpha value is -3.09. The molecule has 0 atom stereocenters. The summed E-state index contributed by atoms with van der Waals surface area (Å²) in [7, 11) is 2.98. The third-order valence-corrected chi connectivity index (χ3v) is 2.99. The molecular formula is C15H14N2O5. The molecule has 2 aromatic carbocycles. The number of carbonyl (C=O) groups excluding carboxylic acids is 1. The van der Waals surface area contributed by atoms with Gasteiger partial charge in [0.1, 0.15) is 11.5 Å². The molecule has 0 radical (unpaired) electrons. The number of nitrogens with one attached hydrogen (secondary N) is 1. The predicted molar refractivity (Wildman–Crippen MR) is 80.6 cm³/mol. The molecule has 0 aliphatic rings. The molecule has 7 heteroatoms. The van der Waals surface area contributed by atoms with Crippen molar-refractivity contribution in [2.75, 3.05) is 19.5 Å². The van der Waals surface area contributed by atoms with Gasteiger partial charge in [0.05, 0.1) is 24.7 Å². The number of benzene rings is 2. The Labute approximate surface area is 126 Å². The first-order valence-electron chi connectivity index (χ1n) is 6.33. The molecule has 0 heterocycles. The van der Waals surface area contributed by atoms with Crippen LogP contribution in [0, 0.1) is 10.1 Å². The lowest BCUT2D eigenvalue weighted by atomic mass is 10.1. The van der Waals surface area contributed by atoms with Crippen LogP contribution in [0.5, 0.6) is 11.5 Å². The van der Waals surface area contributed by atoms with Gasteiger partial charge < -0.3 is 14.8 Å². The highest BCUT2D eigenvalue weighted by Gasteiger charge is 2.14. The summed E-state index contributed by atoms with van der Waals surface area (Å²) in [5.41, 5.74) is 0.746. The van der Waals surface area contributed by atoms with Crippen LogP contribution < -0.4 is 14.8 Å². The van der Waals surface area contributed by atoms with Gasteiger partial charge in [-0.15, -0.1) is 0 Å². The van der Waals surface area contributed by atoms with Crippen LogP contribution in [0.25, 0.3) is 0 Å². The second kappa shape index (κ2) is 6.57. The van der Waals surface area contributed by atoms with Crippen molar-refractivity contribution in [3.8, 4) is 11.5 Å². The number of hydrogen-bond acceptors (Lipinski definition) is 5. The molecular weight excluding hydrogens is 288 g/mol. The molecule has 0 unspecified atom stereocenters. The van der Waals surface area contributed by atoms with Crippen molar-refractivity contribution in [2.24, 2.45) is 0 Å². The zero-order valence-corrected chi connectivity index (χ0v) is 12.0. The first kappa shape index (κ1) is 15.3. The molecule has 0 aliphatic heterocycles. The summed E-state index contributed by atoms with van der Waals surface area (Å²) in [6.07, 6.45) is 0. The number of carbonyl (C=O) groups is 1. The summed E-state index contributed by atoms with van der Waals surface area (Å²) in [5, 5.41) is 13.2. The molecule has 0 bridgehead atoms. The van der Waals surface area contributed by atoms with E-state index in [1.807, 2.05) is 0 Å². The summed E-state index contributed by atoms with van der Waals surface area (Å²) < 4.78 is 10.2. The number of methoxy groups -OCH3 is 2. The molecule has 2 aromatic rings. The van der Waals surface area contributed by atoms with Gasteiger partial charge in [-0.05, 0) is 24.3 Å². The van der Waals surface area contributed by atoms with Gasteiger partial charge in [-0.3, -0.25) is 14.9 Å². The maximum absolute atomic E-state index is 12.2. The number of nitrogens with zero attached hydrogens (tertiary/aromatic N) is 1. The zero-order valence-electron chi connectivity index (χ0n) is 12.0. The lowest BCUT2D eigenvalue weighted by molar-refractivity contribution is -0.384. The average Bonchev–Trinajstić information content (AvgIpc) is 2.54. The number of non-ortho nitro benzene ring substituents is 1. The van der Waals surface area contributed by atoms with Crippen molar-refractivity contribution < 1.29 is 19.2 Å². The topological polar surface area (TPSA) is 90.7 Å². The number of rotatable bonds is 5. The highest BCUT2D eigenvalue weighted by atomic mass is 16.6. The van der Waals surface area contributed by atoms with Gasteiger partial charge >= 0.3 is 0 Å². The highest BCUT2D eigenvalue weighted by Crippen LogP contribution is 2.25. The number of nitro groups is 1. The second-order valence-corrected chi connectivity index (χ2v) is 4.32. The molecule has 1 amide bonds. The molecule has 0 saturated carbocycles. The summed E-state index contributed by atoms with van der Waals surface area (Å²) in [5.74, 6) is 0.566. The molecule has 7 nitrogen and oxygen atoms in total. The number of hydrogen-bond donors (Lipinski definition) is 1. The third kappa shape index (κ3) is 3.32. The second-order valence-electron chi connectivity index (χ2n) is 4.32. The Kier molecular flexibility index (Phi) is 4.57. The maximum Gasteiger partial charge on any atom is 0.269 e. The summed E-state index contributed by atoms with van der Waals surface area (Å²) >= 11 is 0. The molecule has 1 N–H and O–H groups in total. The van der Waals surface area contributed by atoms with Gasteiger partial charge in [0.25, 0.3) is 11.6 Å². The molecule has 0 aromatic heterocycles. The largest absolute Gasteiger partial charge is 0.497 e. The first-order valence-corrected chi connectivity index (χ1v) is 6.33. The van der Waals surface area contributed by atoms with Crippen molar-refractivity contribution in [3.63, 3.8) is 0 Å². The van der Waals surface area contributed by atoms with Crippen molar-refractivity contribution >= 4 is 17.3 Å². The Morgan fingerprint density at radius 1 is 1.09 bits per heavy atom. The van der Waals surface area contributed by atoms with Crippen LogP contribution in [0.1, 0.15) is 10.4 Å². The minimum absolute atomic E-state index is 0.0416. The maximum atomic E-state index is 12.2. The van der Waals surface area contributed by atoms with Gasteiger partial charge in [-0.2, -0.15) is 0 Å². The van der Waals surface area contributed by atoms with E-state index in [0.717, 1.165) is 0 Å². The van der Waals surface area contributed by atoms with Gasteiger partial charge in [0, 0.05) is 23.9 Å². The minimum atomic E-state index is -0.502. The molecule has 0 spiro atoms. The Bertz CT molecular complexity index is 698. The monoisotopic (exact) mass is 302 g/mol. The van der Waals surface area contributed by atoms with E-state index in [1.54, 1.807) is 18.2 Å². The fourth-order valence-corrected chi connectivity index (χ4v) is 1.85. The lowest BCUT2D eigenvalue weighted by Crippen LogP contribution is -2.13. The van der Waals surface area contributed by atoms with Crippen molar-refractivity contribution in [1.82, 2.24) is 0 Å². The van der Waals surface area contributed by atoms with E-state index >= 15 is 0 Å². The van der Waals surface area contributed by atoms with E-state index < -0.39 is 4.92 Å². The van der Waals surface area contributed by atoms with Gasteiger partial charge in [0.15, 0.2) is 0 Å². The van der Waals surface area contributed by atoms with Crippen LogP contribution in [0.15, 0.2) is 42.5 Å². The fraction of sp³-hybridized carbons (Fsp3) is 0.133. The summed E-state index contributed by atoms with van der Waals surface area (Å²) in [6, 6.07) is 10.4. The molecule has 2 rings (SSSR count). The molecule has 22 heavy (non-hydrogen) atoms. The molecule has 0 aliphatic carbocycles. The van der Waals surface area contributed by atoms with E-state index in [1.165, 1.54) is 38.5 Å². The zero-order chi connectivity index (χ0) is 16.1. The average molecular weight is 302 g/mol. The quantitative estimate of drug-likeness (QED) is 0.677. The van der Waals surface area contributed by atoms with E-state index in [0.29, 0.717) is 22.7 Å². The lowest BCUT2D eigenvalue weighted by Gasteiger charge is -2.10. The molecule has 0 fully saturated rings. The fourth-order valence-electron chi connectivity index (χ4n) is 1.85. The van der Waals surface area contributed by atoms with E-state index in [9.17, 15) is 14.9 Å². The van der Waals surface area contributed by atoms with Crippen LogP contribution in [-0.2, 0) is 0 Å². The Balaban J connectivity index is 2.20. The van der Waals surface area contributed by atoms with Gasteiger partial charge in [-0.25, -0.2) is 0 Å². The molecule has 114 valence electrons. The van der Waals surface area contributed by atoms with E-state index in [2.05, 4.69) is 5.32 Å². The first-order chi connectivity index (χ1) is 10.5. The van der Waals surface area contributed by atoms with E-state index in [4.69, 9.17) is 9.47 Å². The summed E-state index contributed by atoms with van der Waals surface area (Å²) in [4.78, 5) is 22.3. The van der Waals surface area contributed by atoms with Gasteiger partial charge in [-0.1, -0.05) is 0 Å². The van der Waals surface area contributed by atoms with E-state index in [-0.39, 0.29) is 11.6 Å². The summed E-state index contributed by atoms with van der Waals surface area (Å²) in [6.45, 7) is 0. The molecule has 0 saturated heterocycles. The van der Waals surface area contributed by atoms with Crippen LogP contribution >= 0.6 is 0 Å². The third-order valence-electron chi connectivity index (χ3n) is 2.99. The standard InChI is InChI=1S/C15H14N2O5/c1-21-12-7-8-13(14(9-12)22-2)15(18)16-10-3-5-11(6-4-10)17(19)20/h3-9H,1-2H3,(H,16,18). The number of anilines is 1. The number of ether oxygens (including phenoxy) is 2. The van der Waals surface area contributed by atoms with Crippen LogP contribution in [0.3, 0.4) is 0 Å². The normalized spacial score (nSPS) is 9.91. The van der Waals surface area contributed by atoms with Crippen molar-refractivity contribution in [3.05, 3.63) is 58.1 Å². The number of amides is 1. The minimum Gasteiger partial charge on any atom is -0.497 e. The Morgan fingerprint density at radius 2 is 1.77 bits per heavy atom. The van der Waals surface area contributed by atoms with Crippen molar-refractivity contribution in [1.29, 1.82) is 0 Å².